The molecule has 0 bridgehead atoms. The number of amides is 1. The Kier molecular flexibility index (Phi) is 4.34. The smallest absolute Gasteiger partial charge is 0.256 e. The quantitative estimate of drug-likeness (QED) is 0.756. The summed E-state index contributed by atoms with van der Waals surface area (Å²) in [6.45, 7) is 0.257. The second-order valence-electron chi connectivity index (χ2n) is 4.75. The molecule has 1 fully saturated rings. The molecule has 0 atom stereocenters. The van der Waals surface area contributed by atoms with Crippen molar-refractivity contribution in [2.24, 2.45) is 0 Å². The van der Waals surface area contributed by atoms with Crippen molar-refractivity contribution in [3.05, 3.63) is 17.7 Å². The highest BCUT2D eigenvalue weighted by Gasteiger charge is 2.33. The van der Waals surface area contributed by atoms with E-state index in [0.717, 1.165) is 12.8 Å². The zero-order valence-corrected chi connectivity index (χ0v) is 11.8. The van der Waals surface area contributed by atoms with Crippen LogP contribution in [-0.4, -0.2) is 49.3 Å². The topological polar surface area (TPSA) is 85.0 Å². The number of ether oxygens (including phenoxy) is 2. The van der Waals surface area contributed by atoms with E-state index >= 15 is 0 Å². The number of benzene rings is 1. The van der Waals surface area contributed by atoms with Gasteiger partial charge in [-0.15, -0.1) is 0 Å². The Morgan fingerprint density at radius 3 is 2.45 bits per heavy atom. The summed E-state index contributed by atoms with van der Waals surface area (Å²) in [5.41, 5.74) is 6.65. The Morgan fingerprint density at radius 2 is 1.95 bits per heavy atom. The summed E-state index contributed by atoms with van der Waals surface area (Å²) in [5.74, 6) is 0.770. The molecule has 3 N–H and O–H groups in total. The van der Waals surface area contributed by atoms with Gasteiger partial charge < -0.3 is 25.2 Å². The third-order valence-electron chi connectivity index (χ3n) is 3.38. The first kappa shape index (κ1) is 14.5. The van der Waals surface area contributed by atoms with Gasteiger partial charge in [-0.3, -0.25) is 4.79 Å². The summed E-state index contributed by atoms with van der Waals surface area (Å²) in [7, 11) is 3.02. The van der Waals surface area contributed by atoms with Gasteiger partial charge in [-0.25, -0.2) is 0 Å². The molecule has 0 aromatic heterocycles. The number of methoxy groups -OCH3 is 2. The van der Waals surface area contributed by atoms with Crippen molar-refractivity contribution in [2.45, 2.75) is 18.9 Å². The van der Waals surface area contributed by atoms with E-state index in [1.807, 2.05) is 0 Å². The molecule has 1 aromatic carbocycles. The highest BCUT2D eigenvalue weighted by Crippen LogP contribution is 2.34. The monoisotopic (exact) mass is 280 g/mol. The molecule has 6 nitrogen and oxygen atoms in total. The van der Waals surface area contributed by atoms with Crippen LogP contribution in [0.5, 0.6) is 11.5 Å². The third kappa shape index (κ3) is 2.80. The van der Waals surface area contributed by atoms with Crippen molar-refractivity contribution in [1.82, 2.24) is 4.90 Å². The molecular formula is C14H20N2O4. The van der Waals surface area contributed by atoms with Gasteiger partial charge in [0, 0.05) is 24.3 Å². The molecule has 0 radical (unpaired) electrons. The SMILES string of the molecule is COc1cc(N)c(C(=O)N(CCO)C2CC2)cc1OC. The molecule has 0 aliphatic heterocycles. The normalized spacial score (nSPS) is 13.9. The average molecular weight is 280 g/mol. The Morgan fingerprint density at radius 1 is 1.35 bits per heavy atom. The second kappa shape index (κ2) is 6.00. The Balaban J connectivity index is 2.32. The van der Waals surface area contributed by atoms with Crippen LogP contribution in [0.3, 0.4) is 0 Å². The molecule has 1 aromatic rings. The van der Waals surface area contributed by atoms with Gasteiger partial charge in [-0.05, 0) is 18.9 Å². The first-order chi connectivity index (χ1) is 9.62. The zero-order chi connectivity index (χ0) is 14.7. The largest absolute Gasteiger partial charge is 0.493 e. The number of nitrogen functional groups attached to an aromatic ring is 1. The lowest BCUT2D eigenvalue weighted by molar-refractivity contribution is 0.0708. The molecule has 0 saturated heterocycles. The predicted octanol–water partition coefficient (Wildman–Crippen LogP) is 0.883. The molecule has 1 amide bonds. The lowest BCUT2D eigenvalue weighted by Gasteiger charge is -2.22. The van der Waals surface area contributed by atoms with Crippen LogP contribution >= 0.6 is 0 Å². The van der Waals surface area contributed by atoms with Gasteiger partial charge >= 0.3 is 0 Å². The van der Waals surface area contributed by atoms with Gasteiger partial charge in [0.2, 0.25) is 0 Å². The first-order valence-corrected chi connectivity index (χ1v) is 6.55. The average Bonchev–Trinajstić information content (AvgIpc) is 3.28. The van der Waals surface area contributed by atoms with E-state index in [2.05, 4.69) is 0 Å². The number of carbonyl (C=O) groups is 1. The number of anilines is 1. The predicted molar refractivity (Wildman–Crippen MR) is 75.1 cm³/mol. The van der Waals surface area contributed by atoms with Crippen LogP contribution in [0.15, 0.2) is 12.1 Å². The number of aliphatic hydroxyl groups excluding tert-OH is 1. The molecule has 0 heterocycles. The maximum Gasteiger partial charge on any atom is 0.256 e. The summed E-state index contributed by atoms with van der Waals surface area (Å²) < 4.78 is 10.3. The fraction of sp³-hybridized carbons (Fsp3) is 0.500. The molecule has 110 valence electrons. The second-order valence-corrected chi connectivity index (χ2v) is 4.75. The van der Waals surface area contributed by atoms with E-state index in [1.165, 1.54) is 14.2 Å². The van der Waals surface area contributed by atoms with Crippen LogP contribution in [0.2, 0.25) is 0 Å². The van der Waals surface area contributed by atoms with E-state index in [-0.39, 0.29) is 18.6 Å². The van der Waals surface area contributed by atoms with Gasteiger partial charge in [-0.2, -0.15) is 0 Å². The van der Waals surface area contributed by atoms with Gasteiger partial charge in [0.15, 0.2) is 11.5 Å². The molecule has 1 aliphatic carbocycles. The maximum absolute atomic E-state index is 12.5. The zero-order valence-electron chi connectivity index (χ0n) is 11.8. The lowest BCUT2D eigenvalue weighted by Crippen LogP contribution is -2.35. The number of rotatable bonds is 6. The van der Waals surface area contributed by atoms with Crippen molar-refractivity contribution in [3.8, 4) is 11.5 Å². The van der Waals surface area contributed by atoms with Crippen LogP contribution in [0.25, 0.3) is 0 Å². The number of nitrogens with two attached hydrogens (primary N) is 1. The fourth-order valence-electron chi connectivity index (χ4n) is 2.18. The van der Waals surface area contributed by atoms with Crippen LogP contribution < -0.4 is 15.2 Å². The van der Waals surface area contributed by atoms with Crippen LogP contribution in [0.4, 0.5) is 5.69 Å². The minimum Gasteiger partial charge on any atom is -0.493 e. The highest BCUT2D eigenvalue weighted by atomic mass is 16.5. The van der Waals surface area contributed by atoms with Gasteiger partial charge in [0.1, 0.15) is 0 Å². The van der Waals surface area contributed by atoms with Crippen molar-refractivity contribution in [3.63, 3.8) is 0 Å². The summed E-state index contributed by atoms with van der Waals surface area (Å²) in [4.78, 5) is 14.2. The molecule has 1 aliphatic rings. The van der Waals surface area contributed by atoms with Gasteiger partial charge in [0.25, 0.3) is 5.91 Å². The molecule has 6 heteroatoms. The summed E-state index contributed by atoms with van der Waals surface area (Å²) in [6.07, 6.45) is 1.94. The van der Waals surface area contributed by atoms with Crippen molar-refractivity contribution in [2.75, 3.05) is 33.1 Å². The lowest BCUT2D eigenvalue weighted by atomic mass is 10.1. The summed E-state index contributed by atoms with van der Waals surface area (Å²) in [5, 5.41) is 9.09. The third-order valence-corrected chi connectivity index (χ3v) is 3.38. The van der Waals surface area contributed by atoms with E-state index in [1.54, 1.807) is 17.0 Å². The summed E-state index contributed by atoms with van der Waals surface area (Å²) >= 11 is 0. The number of aliphatic hydroxyl groups is 1. The standard InChI is InChI=1S/C14H20N2O4/c1-19-12-7-10(11(15)8-13(12)20-2)14(18)16(5-6-17)9-3-4-9/h7-9,17H,3-6,15H2,1-2H3. The summed E-state index contributed by atoms with van der Waals surface area (Å²) in [6, 6.07) is 3.38. The van der Waals surface area contributed by atoms with Crippen LogP contribution in [0.1, 0.15) is 23.2 Å². The molecule has 0 unspecified atom stereocenters. The fourth-order valence-corrected chi connectivity index (χ4v) is 2.18. The maximum atomic E-state index is 12.5. The van der Waals surface area contributed by atoms with Gasteiger partial charge in [0.05, 0.1) is 26.4 Å². The number of carbonyl (C=O) groups excluding carboxylic acids is 1. The van der Waals surface area contributed by atoms with Crippen LogP contribution in [-0.2, 0) is 0 Å². The number of hydrogen-bond donors (Lipinski definition) is 2. The molecular weight excluding hydrogens is 260 g/mol. The van der Waals surface area contributed by atoms with Crippen molar-refractivity contribution < 1.29 is 19.4 Å². The van der Waals surface area contributed by atoms with E-state index in [4.69, 9.17) is 20.3 Å². The molecule has 2 rings (SSSR count). The van der Waals surface area contributed by atoms with E-state index in [0.29, 0.717) is 29.3 Å². The number of nitrogens with zero attached hydrogens (tertiary/aromatic N) is 1. The van der Waals surface area contributed by atoms with Crippen molar-refractivity contribution >= 4 is 11.6 Å². The Labute approximate surface area is 118 Å². The minimum absolute atomic E-state index is 0.0601. The van der Waals surface area contributed by atoms with E-state index < -0.39 is 0 Å². The van der Waals surface area contributed by atoms with Gasteiger partial charge in [-0.1, -0.05) is 0 Å². The molecule has 20 heavy (non-hydrogen) atoms. The molecule has 0 spiro atoms. The Hall–Kier alpha value is -1.95. The van der Waals surface area contributed by atoms with Crippen molar-refractivity contribution in [1.29, 1.82) is 0 Å². The minimum atomic E-state index is -0.181. The van der Waals surface area contributed by atoms with E-state index in [9.17, 15) is 4.79 Å². The highest BCUT2D eigenvalue weighted by molar-refractivity contribution is 6.00. The Bertz CT molecular complexity index is 500. The van der Waals surface area contributed by atoms with Crippen LogP contribution in [0, 0.1) is 0 Å². The number of hydrogen-bond acceptors (Lipinski definition) is 5. The molecule has 1 saturated carbocycles. The first-order valence-electron chi connectivity index (χ1n) is 6.55.